The van der Waals surface area contributed by atoms with Gasteiger partial charge in [0, 0.05) is 6.42 Å². The number of phosphoric ester groups is 1. The van der Waals surface area contributed by atoms with E-state index in [1.54, 1.807) is 0 Å². The lowest BCUT2D eigenvalue weighted by molar-refractivity contribution is -0.870. The molecule has 0 aromatic heterocycles. The quantitative estimate of drug-likeness (QED) is 0.0272. The lowest BCUT2D eigenvalue weighted by atomic mass is 10.0. The topological polar surface area (TPSA) is 108 Å². The highest BCUT2D eigenvalue weighted by atomic mass is 31.2. The Bertz CT molecular complexity index is 1350. The van der Waals surface area contributed by atoms with Gasteiger partial charge in [-0.25, -0.2) is 0 Å². The predicted octanol–water partition coefficient (Wildman–Crippen LogP) is 22.0. The smallest absolute Gasteiger partial charge is 0.268 e. The van der Waals surface area contributed by atoms with Crippen LogP contribution in [-0.4, -0.2) is 68.5 Å². The van der Waals surface area contributed by atoms with E-state index >= 15 is 0 Å². The number of amides is 1. The van der Waals surface area contributed by atoms with Gasteiger partial charge in [0.05, 0.1) is 39.9 Å². The molecule has 2 N–H and O–H groups in total. The fraction of sp³-hybridized carbons (Fsp3) is 0.930. The summed E-state index contributed by atoms with van der Waals surface area (Å²) in [6, 6.07) is -0.800. The van der Waals surface area contributed by atoms with Crippen LogP contribution in [0.25, 0.3) is 0 Å². The molecule has 0 aromatic carbocycles. The average Bonchev–Trinajstić information content (AvgIpc) is 3.42. The van der Waals surface area contributed by atoms with Crippen LogP contribution in [0.4, 0.5) is 0 Å². The number of aliphatic hydroxyl groups is 1. The van der Waals surface area contributed by atoms with E-state index in [1.807, 2.05) is 21.1 Å². The van der Waals surface area contributed by atoms with E-state index in [4.69, 9.17) is 9.05 Å². The molecule has 3 atom stereocenters. The third-order valence-electron chi connectivity index (χ3n) is 16.7. The van der Waals surface area contributed by atoms with E-state index in [1.165, 1.54) is 302 Å². The van der Waals surface area contributed by atoms with Crippen molar-refractivity contribution in [2.24, 2.45) is 0 Å². The molecule has 80 heavy (non-hydrogen) atoms. The van der Waals surface area contributed by atoms with Crippen molar-refractivity contribution >= 4 is 13.7 Å². The normalized spacial score (nSPS) is 13.7. The maximum absolute atomic E-state index is 13.1. The second-order valence-corrected chi connectivity index (χ2v) is 27.4. The number of phosphoric acid groups is 1. The monoisotopic (exact) mass is 1150 g/mol. The summed E-state index contributed by atoms with van der Waals surface area (Å²) in [5.41, 5.74) is 0. The minimum atomic E-state index is -4.58. The molecule has 0 spiro atoms. The maximum atomic E-state index is 13.1. The van der Waals surface area contributed by atoms with Crippen LogP contribution in [0.1, 0.15) is 373 Å². The van der Waals surface area contributed by atoms with E-state index in [0.717, 1.165) is 44.9 Å². The van der Waals surface area contributed by atoms with Gasteiger partial charge in [-0.15, -0.1) is 0 Å². The second kappa shape index (κ2) is 62.5. The van der Waals surface area contributed by atoms with Crippen LogP contribution in [0.5, 0.6) is 0 Å². The molecule has 3 unspecified atom stereocenters. The number of quaternary nitrogens is 1. The SMILES string of the molecule is CCCCCCCCCCCCCCC/C=C\C/C=C\CCCCCCCCCCCCCCCCCCCC(=O)NC(COP(=O)([O-])OCC[N+](C)(C)C)C(O)CCCCCCCCCCCCCCCCCCCCCCC. The van der Waals surface area contributed by atoms with Crippen molar-refractivity contribution in [3.05, 3.63) is 24.3 Å². The summed E-state index contributed by atoms with van der Waals surface area (Å²) in [7, 11) is 1.32. The number of hydrogen-bond acceptors (Lipinski definition) is 6. The molecule has 9 heteroatoms. The number of nitrogens with one attached hydrogen (secondary N) is 1. The summed E-state index contributed by atoms with van der Waals surface area (Å²) in [5.74, 6) is -0.157. The molecular weight excluding hydrogens is 1010 g/mol. The zero-order valence-electron chi connectivity index (χ0n) is 54.6. The first-order valence-electron chi connectivity index (χ1n) is 35.7. The second-order valence-electron chi connectivity index (χ2n) is 26.0. The minimum absolute atomic E-state index is 0.0147. The number of allylic oxidation sites excluding steroid dienone is 4. The highest BCUT2D eigenvalue weighted by Crippen LogP contribution is 2.38. The Labute approximate surface area is 500 Å². The fourth-order valence-corrected chi connectivity index (χ4v) is 11.9. The van der Waals surface area contributed by atoms with Gasteiger partial charge in [0.15, 0.2) is 0 Å². The Kier molecular flexibility index (Phi) is 61.7. The van der Waals surface area contributed by atoms with Gasteiger partial charge in [0.1, 0.15) is 13.2 Å². The van der Waals surface area contributed by atoms with Crippen LogP contribution in [-0.2, 0) is 18.4 Å². The molecule has 0 aromatic rings. The Morgan fingerprint density at radius 1 is 0.438 bits per heavy atom. The van der Waals surface area contributed by atoms with Crippen LogP contribution in [0.2, 0.25) is 0 Å². The summed E-state index contributed by atoms with van der Waals surface area (Å²) in [6.07, 6.45) is 81.2. The van der Waals surface area contributed by atoms with Crippen molar-refractivity contribution < 1.29 is 32.9 Å². The number of carbonyl (C=O) groups is 1. The van der Waals surface area contributed by atoms with Gasteiger partial charge < -0.3 is 28.8 Å². The van der Waals surface area contributed by atoms with Crippen molar-refractivity contribution in [3.63, 3.8) is 0 Å². The summed E-state index contributed by atoms with van der Waals surface area (Å²) in [5, 5.41) is 14.1. The van der Waals surface area contributed by atoms with E-state index in [9.17, 15) is 19.4 Å². The average molecular weight is 1150 g/mol. The standard InChI is InChI=1S/C71H141N2O6P/c1-6-8-10-12-14-16-18-20-22-24-26-28-29-30-31-32-33-34-35-36-37-38-39-40-41-42-43-45-47-49-51-53-55-57-59-61-63-65-71(75)72-69(68-79-80(76,77)78-67-66-73(3,4)5)70(74)64-62-60-58-56-54-52-50-48-46-44-27-25-23-21-19-17-15-13-11-9-7-2/h31-32,34-35,69-70,74H,6-30,33,36-68H2,1-5H3,(H-,72,75,76,77)/b32-31-,35-34-. The number of hydrogen-bond donors (Lipinski definition) is 2. The summed E-state index contributed by atoms with van der Waals surface area (Å²) in [6.45, 7) is 4.79. The lowest BCUT2D eigenvalue weighted by Crippen LogP contribution is -2.46. The summed E-state index contributed by atoms with van der Waals surface area (Å²) >= 11 is 0. The van der Waals surface area contributed by atoms with Gasteiger partial charge in [-0.1, -0.05) is 346 Å². The zero-order chi connectivity index (χ0) is 58.4. The Morgan fingerprint density at radius 3 is 1.04 bits per heavy atom. The molecule has 476 valence electrons. The summed E-state index contributed by atoms with van der Waals surface area (Å²) in [4.78, 5) is 25.7. The minimum Gasteiger partial charge on any atom is -0.756 e. The molecule has 0 fully saturated rings. The molecule has 0 aliphatic carbocycles. The fourth-order valence-electron chi connectivity index (χ4n) is 11.1. The van der Waals surface area contributed by atoms with Gasteiger partial charge in [-0.2, -0.15) is 0 Å². The zero-order valence-corrected chi connectivity index (χ0v) is 55.5. The van der Waals surface area contributed by atoms with Crippen molar-refractivity contribution in [1.82, 2.24) is 5.32 Å². The molecule has 0 rings (SSSR count). The highest BCUT2D eigenvalue weighted by Gasteiger charge is 2.24. The molecule has 0 bridgehead atoms. The molecule has 0 saturated heterocycles. The van der Waals surface area contributed by atoms with Gasteiger partial charge in [-0.05, 0) is 44.9 Å². The van der Waals surface area contributed by atoms with E-state index in [0.29, 0.717) is 23.9 Å². The summed E-state index contributed by atoms with van der Waals surface area (Å²) < 4.78 is 23.5. The lowest BCUT2D eigenvalue weighted by Gasteiger charge is -2.30. The first kappa shape index (κ1) is 79.0. The Morgan fingerprint density at radius 2 is 0.725 bits per heavy atom. The number of nitrogens with zero attached hydrogens (tertiary/aromatic N) is 1. The molecule has 0 aliphatic rings. The number of aliphatic hydroxyl groups excluding tert-OH is 1. The van der Waals surface area contributed by atoms with Gasteiger partial charge in [-0.3, -0.25) is 9.36 Å². The predicted molar refractivity (Wildman–Crippen MR) is 349 cm³/mol. The van der Waals surface area contributed by atoms with Crippen molar-refractivity contribution in [2.75, 3.05) is 40.9 Å². The highest BCUT2D eigenvalue weighted by molar-refractivity contribution is 7.45. The van der Waals surface area contributed by atoms with E-state index in [2.05, 4.69) is 43.5 Å². The third-order valence-corrected chi connectivity index (χ3v) is 17.7. The Hall–Kier alpha value is -1.02. The van der Waals surface area contributed by atoms with Gasteiger partial charge in [0.2, 0.25) is 5.91 Å². The van der Waals surface area contributed by atoms with Crippen LogP contribution >= 0.6 is 7.82 Å². The largest absolute Gasteiger partial charge is 0.756 e. The van der Waals surface area contributed by atoms with Crippen LogP contribution in [0.3, 0.4) is 0 Å². The van der Waals surface area contributed by atoms with Crippen LogP contribution < -0.4 is 10.2 Å². The molecular formula is C71H141N2O6P. The molecule has 0 saturated carbocycles. The molecule has 0 heterocycles. The van der Waals surface area contributed by atoms with Crippen LogP contribution in [0.15, 0.2) is 24.3 Å². The van der Waals surface area contributed by atoms with Crippen molar-refractivity contribution in [3.8, 4) is 0 Å². The first-order chi connectivity index (χ1) is 39.0. The number of carbonyl (C=O) groups excluding carboxylic acids is 1. The molecule has 1 amide bonds. The van der Waals surface area contributed by atoms with E-state index < -0.39 is 20.0 Å². The number of unbranched alkanes of at least 4 members (excludes halogenated alkanes) is 50. The maximum Gasteiger partial charge on any atom is 0.268 e. The molecule has 0 radical (unpaired) electrons. The Balaban J connectivity index is 3.94. The van der Waals surface area contributed by atoms with E-state index in [-0.39, 0.29) is 19.1 Å². The number of likely N-dealkylation sites (N-methyl/N-ethyl adjacent to an activating group) is 1. The van der Waals surface area contributed by atoms with Crippen molar-refractivity contribution in [2.45, 2.75) is 386 Å². The molecule has 8 nitrogen and oxygen atoms in total. The molecule has 0 aliphatic heterocycles. The first-order valence-corrected chi connectivity index (χ1v) is 37.1. The van der Waals surface area contributed by atoms with Crippen LogP contribution in [0, 0.1) is 0 Å². The van der Waals surface area contributed by atoms with Gasteiger partial charge in [0.25, 0.3) is 7.82 Å². The van der Waals surface area contributed by atoms with Gasteiger partial charge >= 0.3 is 0 Å². The number of rotatable bonds is 67. The third kappa shape index (κ3) is 64.5. The van der Waals surface area contributed by atoms with Crippen molar-refractivity contribution in [1.29, 1.82) is 0 Å².